The van der Waals surface area contributed by atoms with Crippen LogP contribution in [0.5, 0.6) is 0 Å². The number of nitrogen functional groups attached to an aromatic ring is 1. The van der Waals surface area contributed by atoms with Gasteiger partial charge in [-0.15, -0.1) is 5.10 Å². The summed E-state index contributed by atoms with van der Waals surface area (Å²) >= 11 is 5.66. The van der Waals surface area contributed by atoms with Gasteiger partial charge < -0.3 is 5.73 Å². The van der Waals surface area contributed by atoms with E-state index in [1.165, 1.54) is 6.07 Å². The molecule has 84 valence electrons. The lowest BCUT2D eigenvalue weighted by molar-refractivity contribution is 0.571. The Morgan fingerprint density at radius 3 is 2.81 bits per heavy atom. The van der Waals surface area contributed by atoms with Crippen LogP contribution in [0.2, 0.25) is 5.02 Å². The Morgan fingerprint density at radius 2 is 2.25 bits per heavy atom. The number of nitrogens with two attached hydrogens (primary N) is 1. The van der Waals surface area contributed by atoms with E-state index in [2.05, 4.69) is 10.3 Å². The van der Waals surface area contributed by atoms with E-state index in [0.29, 0.717) is 28.6 Å². The van der Waals surface area contributed by atoms with Crippen LogP contribution in [-0.4, -0.2) is 15.0 Å². The molecule has 0 atom stereocenters. The predicted molar refractivity (Wildman–Crippen MR) is 59.7 cm³/mol. The van der Waals surface area contributed by atoms with E-state index >= 15 is 0 Å². The third-order valence-electron chi connectivity index (χ3n) is 2.35. The van der Waals surface area contributed by atoms with Crippen LogP contribution < -0.4 is 5.73 Å². The SMILES string of the molecule is Cc1c(N)nnn1Cc1ccc(Cl)cc1F. The Hall–Kier alpha value is -1.62. The van der Waals surface area contributed by atoms with Gasteiger partial charge in [0.05, 0.1) is 12.2 Å². The van der Waals surface area contributed by atoms with Crippen molar-refractivity contribution in [2.24, 2.45) is 0 Å². The Kier molecular flexibility index (Phi) is 2.78. The van der Waals surface area contributed by atoms with Crippen molar-refractivity contribution in [2.75, 3.05) is 5.73 Å². The van der Waals surface area contributed by atoms with Gasteiger partial charge in [0.25, 0.3) is 0 Å². The molecule has 1 aromatic heterocycles. The van der Waals surface area contributed by atoms with Crippen molar-refractivity contribution in [1.82, 2.24) is 15.0 Å². The van der Waals surface area contributed by atoms with Crippen LogP contribution in [0.3, 0.4) is 0 Å². The van der Waals surface area contributed by atoms with Gasteiger partial charge in [-0.1, -0.05) is 22.9 Å². The molecule has 0 unspecified atom stereocenters. The first kappa shape index (κ1) is 10.9. The van der Waals surface area contributed by atoms with Gasteiger partial charge in [-0.05, 0) is 19.1 Å². The Labute approximate surface area is 96.8 Å². The van der Waals surface area contributed by atoms with Gasteiger partial charge in [-0.3, -0.25) is 0 Å². The number of anilines is 1. The first-order chi connectivity index (χ1) is 7.58. The largest absolute Gasteiger partial charge is 0.381 e. The summed E-state index contributed by atoms with van der Waals surface area (Å²) in [5, 5.41) is 7.89. The highest BCUT2D eigenvalue weighted by molar-refractivity contribution is 6.30. The molecule has 0 saturated carbocycles. The maximum Gasteiger partial charge on any atom is 0.168 e. The molecule has 2 N–H and O–H groups in total. The van der Waals surface area contributed by atoms with Crippen molar-refractivity contribution in [1.29, 1.82) is 0 Å². The highest BCUT2D eigenvalue weighted by Gasteiger charge is 2.08. The van der Waals surface area contributed by atoms with Crippen LogP contribution in [0.4, 0.5) is 10.2 Å². The molecule has 0 aliphatic heterocycles. The molecule has 0 aliphatic carbocycles. The second kappa shape index (κ2) is 4.09. The molecule has 0 spiro atoms. The molecule has 6 heteroatoms. The second-order valence-corrected chi connectivity index (χ2v) is 3.89. The maximum absolute atomic E-state index is 13.5. The van der Waals surface area contributed by atoms with Crippen LogP contribution in [0, 0.1) is 12.7 Å². The summed E-state index contributed by atoms with van der Waals surface area (Å²) in [5.41, 5.74) is 6.76. The van der Waals surface area contributed by atoms with Crippen LogP contribution in [0.1, 0.15) is 11.3 Å². The molecule has 0 aliphatic rings. The van der Waals surface area contributed by atoms with Gasteiger partial charge in [-0.2, -0.15) is 0 Å². The summed E-state index contributed by atoms with van der Waals surface area (Å²) in [7, 11) is 0. The summed E-state index contributed by atoms with van der Waals surface area (Å²) in [6.07, 6.45) is 0. The first-order valence-electron chi connectivity index (χ1n) is 4.67. The molecule has 1 aromatic carbocycles. The van der Waals surface area contributed by atoms with Gasteiger partial charge in [0.15, 0.2) is 5.82 Å². The second-order valence-electron chi connectivity index (χ2n) is 3.45. The monoisotopic (exact) mass is 240 g/mol. The minimum Gasteiger partial charge on any atom is -0.381 e. The van der Waals surface area contributed by atoms with E-state index in [4.69, 9.17) is 17.3 Å². The van der Waals surface area contributed by atoms with Crippen LogP contribution in [-0.2, 0) is 6.54 Å². The van der Waals surface area contributed by atoms with Gasteiger partial charge in [0, 0.05) is 10.6 Å². The zero-order chi connectivity index (χ0) is 11.7. The summed E-state index contributed by atoms with van der Waals surface area (Å²) in [5.74, 6) is -0.00431. The van der Waals surface area contributed by atoms with E-state index in [-0.39, 0.29) is 5.82 Å². The Balaban J connectivity index is 2.30. The van der Waals surface area contributed by atoms with Gasteiger partial charge in [0.1, 0.15) is 5.82 Å². The number of halogens is 2. The van der Waals surface area contributed by atoms with E-state index in [0.717, 1.165) is 0 Å². The molecule has 16 heavy (non-hydrogen) atoms. The third kappa shape index (κ3) is 1.99. The normalized spacial score (nSPS) is 10.7. The van der Waals surface area contributed by atoms with Gasteiger partial charge in [-0.25, -0.2) is 9.07 Å². The fourth-order valence-corrected chi connectivity index (χ4v) is 1.49. The smallest absolute Gasteiger partial charge is 0.168 e. The number of rotatable bonds is 2. The van der Waals surface area contributed by atoms with Crippen LogP contribution >= 0.6 is 11.6 Å². The molecule has 0 amide bonds. The molecule has 0 bridgehead atoms. The average Bonchev–Trinajstić information content (AvgIpc) is 2.54. The van der Waals surface area contributed by atoms with Crippen molar-refractivity contribution >= 4 is 17.4 Å². The molecule has 0 radical (unpaired) electrons. The highest BCUT2D eigenvalue weighted by Crippen LogP contribution is 2.16. The van der Waals surface area contributed by atoms with Gasteiger partial charge in [0.2, 0.25) is 0 Å². The third-order valence-corrected chi connectivity index (χ3v) is 2.59. The fraction of sp³-hybridized carbons (Fsp3) is 0.200. The minimum atomic E-state index is -0.360. The molecule has 2 rings (SSSR count). The minimum absolute atomic E-state index is 0.291. The molecule has 4 nitrogen and oxygen atoms in total. The number of nitrogens with zero attached hydrogens (tertiary/aromatic N) is 3. The van der Waals surface area contributed by atoms with Crippen molar-refractivity contribution in [3.05, 3.63) is 40.3 Å². The van der Waals surface area contributed by atoms with Gasteiger partial charge >= 0.3 is 0 Å². The molecule has 0 saturated heterocycles. The van der Waals surface area contributed by atoms with Crippen molar-refractivity contribution in [3.63, 3.8) is 0 Å². The van der Waals surface area contributed by atoms with Crippen LogP contribution in [0.25, 0.3) is 0 Å². The van der Waals surface area contributed by atoms with E-state index in [1.54, 1.807) is 23.7 Å². The quantitative estimate of drug-likeness (QED) is 0.874. The molecule has 0 fully saturated rings. The lowest BCUT2D eigenvalue weighted by atomic mass is 10.2. The number of hydrogen-bond acceptors (Lipinski definition) is 3. The summed E-state index contributed by atoms with van der Waals surface area (Å²) < 4.78 is 15.0. The van der Waals surface area contributed by atoms with Crippen LogP contribution in [0.15, 0.2) is 18.2 Å². The zero-order valence-electron chi connectivity index (χ0n) is 8.61. The Bertz CT molecular complexity index is 524. The van der Waals surface area contributed by atoms with E-state index in [1.807, 2.05) is 0 Å². The zero-order valence-corrected chi connectivity index (χ0v) is 9.37. The van der Waals surface area contributed by atoms with Crippen molar-refractivity contribution in [3.8, 4) is 0 Å². The molecule has 2 aromatic rings. The predicted octanol–water partition coefficient (Wildman–Crippen LogP) is 2.01. The average molecular weight is 241 g/mol. The Morgan fingerprint density at radius 1 is 1.50 bits per heavy atom. The lowest BCUT2D eigenvalue weighted by Gasteiger charge is -2.05. The standard InChI is InChI=1S/C10H10ClFN4/c1-6-10(13)14-15-16(6)5-7-2-3-8(11)4-9(7)12/h2-4H,5,13H2,1H3. The lowest BCUT2D eigenvalue weighted by Crippen LogP contribution is -2.06. The molecule has 1 heterocycles. The number of hydrogen-bond donors (Lipinski definition) is 1. The summed E-state index contributed by atoms with van der Waals surface area (Å²) in [6, 6.07) is 4.52. The molecular formula is C10H10ClFN4. The van der Waals surface area contributed by atoms with Crippen molar-refractivity contribution < 1.29 is 4.39 Å². The van der Waals surface area contributed by atoms with E-state index in [9.17, 15) is 4.39 Å². The highest BCUT2D eigenvalue weighted by atomic mass is 35.5. The molecular weight excluding hydrogens is 231 g/mol. The topological polar surface area (TPSA) is 56.7 Å². The number of aromatic nitrogens is 3. The van der Waals surface area contributed by atoms with E-state index < -0.39 is 0 Å². The fourth-order valence-electron chi connectivity index (χ4n) is 1.34. The summed E-state index contributed by atoms with van der Waals surface area (Å²) in [6.45, 7) is 2.07. The first-order valence-corrected chi connectivity index (χ1v) is 5.05. The van der Waals surface area contributed by atoms with Crippen molar-refractivity contribution in [2.45, 2.75) is 13.5 Å². The summed E-state index contributed by atoms with van der Waals surface area (Å²) in [4.78, 5) is 0. The maximum atomic E-state index is 13.5. The number of benzene rings is 1.